The van der Waals surface area contributed by atoms with E-state index in [2.05, 4.69) is 10.3 Å². The van der Waals surface area contributed by atoms with Crippen LogP contribution in [0, 0.1) is 0 Å². The summed E-state index contributed by atoms with van der Waals surface area (Å²) in [5, 5.41) is 2.54. The van der Waals surface area contributed by atoms with Gasteiger partial charge in [-0.1, -0.05) is 6.07 Å². The largest absolute Gasteiger partial charge is 0.344 e. The number of H-pyrrole nitrogens is 1. The van der Waals surface area contributed by atoms with Crippen LogP contribution in [0.15, 0.2) is 23.0 Å². The van der Waals surface area contributed by atoms with Crippen LogP contribution < -0.4 is 10.9 Å². The maximum atomic E-state index is 11.8. The van der Waals surface area contributed by atoms with Crippen molar-refractivity contribution >= 4 is 17.5 Å². The van der Waals surface area contributed by atoms with E-state index in [9.17, 15) is 9.59 Å². The molecule has 0 fully saturated rings. The number of nitrogens with one attached hydrogen (secondary N) is 2. The van der Waals surface area contributed by atoms with E-state index in [-0.39, 0.29) is 22.5 Å². The fraction of sp³-hybridized carbons (Fsp3) is 0.455. The lowest BCUT2D eigenvalue weighted by Gasteiger charge is -2.28. The maximum Gasteiger partial charge on any atom is 0.268 e. The summed E-state index contributed by atoms with van der Waals surface area (Å²) in [6, 6.07) is 4.43. The summed E-state index contributed by atoms with van der Waals surface area (Å²) >= 11 is 5.95. The molecule has 4 nitrogen and oxygen atoms in total. The molecule has 0 saturated carbocycles. The number of carbonyl (C=O) groups is 1. The molecule has 88 valence electrons. The van der Waals surface area contributed by atoms with E-state index in [4.69, 9.17) is 11.6 Å². The van der Waals surface area contributed by atoms with E-state index >= 15 is 0 Å². The minimum Gasteiger partial charge on any atom is -0.344 e. The first-order chi connectivity index (χ1) is 7.33. The second kappa shape index (κ2) is 4.70. The Labute approximate surface area is 99.0 Å². The van der Waals surface area contributed by atoms with Gasteiger partial charge in [-0.2, -0.15) is 0 Å². The normalized spacial score (nSPS) is 13.2. The molecule has 16 heavy (non-hydrogen) atoms. The van der Waals surface area contributed by atoms with E-state index in [1.807, 2.05) is 13.8 Å². The second-order valence-electron chi connectivity index (χ2n) is 4.22. The fourth-order valence-electron chi connectivity index (χ4n) is 1.04. The summed E-state index contributed by atoms with van der Waals surface area (Å²) in [5.74, 6) is -0.338. The predicted molar refractivity (Wildman–Crippen MR) is 63.9 cm³/mol. The molecule has 0 aliphatic rings. The molecule has 0 aromatic carbocycles. The van der Waals surface area contributed by atoms with Crippen molar-refractivity contribution in [2.24, 2.45) is 0 Å². The van der Waals surface area contributed by atoms with Gasteiger partial charge in [-0.15, -0.1) is 11.6 Å². The molecule has 1 amide bonds. The molecule has 1 unspecified atom stereocenters. The van der Waals surface area contributed by atoms with Crippen molar-refractivity contribution in [2.75, 3.05) is 0 Å². The van der Waals surface area contributed by atoms with Gasteiger partial charge in [-0.3, -0.25) is 9.59 Å². The number of aromatic amines is 1. The van der Waals surface area contributed by atoms with Crippen LogP contribution in [-0.4, -0.2) is 21.8 Å². The van der Waals surface area contributed by atoms with Gasteiger partial charge < -0.3 is 10.3 Å². The third-order valence-corrected chi connectivity index (χ3v) is 2.99. The van der Waals surface area contributed by atoms with Gasteiger partial charge >= 0.3 is 0 Å². The molecular formula is C11H15ClN2O2. The minimum atomic E-state index is -0.536. The Bertz CT molecular complexity index is 438. The smallest absolute Gasteiger partial charge is 0.268 e. The van der Waals surface area contributed by atoms with Crippen LogP contribution in [0.5, 0.6) is 0 Å². The number of hydrogen-bond donors (Lipinski definition) is 2. The number of hydrogen-bond acceptors (Lipinski definition) is 2. The van der Waals surface area contributed by atoms with Gasteiger partial charge in [0.25, 0.3) is 5.91 Å². The first-order valence-electron chi connectivity index (χ1n) is 4.99. The summed E-state index contributed by atoms with van der Waals surface area (Å²) in [5.41, 5.74) is -0.604. The Kier molecular flexibility index (Phi) is 3.75. The molecule has 0 aliphatic carbocycles. The van der Waals surface area contributed by atoms with E-state index < -0.39 is 5.54 Å². The quantitative estimate of drug-likeness (QED) is 0.790. The highest BCUT2D eigenvalue weighted by Gasteiger charge is 2.26. The standard InChI is InChI=1S/C11H15ClN2O2/c1-7(12)11(2,3)14-10(16)8-5-4-6-9(15)13-8/h4-7H,1-3H3,(H,13,15)(H,14,16). The summed E-state index contributed by atoms with van der Waals surface area (Å²) in [4.78, 5) is 25.3. The zero-order valence-corrected chi connectivity index (χ0v) is 10.3. The number of carbonyl (C=O) groups excluding carboxylic acids is 1. The molecule has 0 bridgehead atoms. The maximum absolute atomic E-state index is 11.8. The van der Waals surface area contributed by atoms with Gasteiger partial charge in [0.05, 0.1) is 10.9 Å². The van der Waals surface area contributed by atoms with E-state index in [1.54, 1.807) is 13.0 Å². The van der Waals surface area contributed by atoms with Gasteiger partial charge in [0, 0.05) is 6.07 Å². The third-order valence-electron chi connectivity index (χ3n) is 2.44. The fourth-order valence-corrected chi connectivity index (χ4v) is 1.09. The van der Waals surface area contributed by atoms with Crippen molar-refractivity contribution in [1.82, 2.24) is 10.3 Å². The average molecular weight is 243 g/mol. The highest BCUT2D eigenvalue weighted by atomic mass is 35.5. The zero-order valence-electron chi connectivity index (χ0n) is 9.50. The van der Waals surface area contributed by atoms with Crippen LogP contribution >= 0.6 is 11.6 Å². The lowest BCUT2D eigenvalue weighted by molar-refractivity contribution is 0.0907. The highest BCUT2D eigenvalue weighted by Crippen LogP contribution is 2.14. The topological polar surface area (TPSA) is 62.0 Å². The number of alkyl halides is 1. The molecule has 1 aromatic heterocycles. The number of halogens is 1. The minimum absolute atomic E-state index is 0.216. The molecule has 1 rings (SSSR count). The molecule has 1 atom stereocenters. The SMILES string of the molecule is CC(Cl)C(C)(C)NC(=O)c1cccc(=O)[nH]1. The summed E-state index contributed by atoms with van der Waals surface area (Å²) in [6.45, 7) is 5.45. The van der Waals surface area contributed by atoms with Crippen molar-refractivity contribution in [3.8, 4) is 0 Å². The zero-order chi connectivity index (χ0) is 12.3. The van der Waals surface area contributed by atoms with Crippen LogP contribution in [0.2, 0.25) is 0 Å². The van der Waals surface area contributed by atoms with Gasteiger partial charge in [0.1, 0.15) is 5.69 Å². The van der Waals surface area contributed by atoms with Crippen molar-refractivity contribution in [3.63, 3.8) is 0 Å². The van der Waals surface area contributed by atoms with Gasteiger partial charge in [0.2, 0.25) is 5.56 Å². The number of pyridine rings is 1. The molecule has 1 aromatic rings. The van der Waals surface area contributed by atoms with Crippen LogP contribution in [-0.2, 0) is 0 Å². The Balaban J connectivity index is 2.85. The number of amides is 1. The Hall–Kier alpha value is -1.29. The molecule has 0 radical (unpaired) electrons. The Morgan fingerprint density at radius 1 is 1.50 bits per heavy atom. The van der Waals surface area contributed by atoms with Crippen molar-refractivity contribution in [2.45, 2.75) is 31.7 Å². The lowest BCUT2D eigenvalue weighted by Crippen LogP contribution is -2.49. The van der Waals surface area contributed by atoms with Gasteiger partial charge in [0.15, 0.2) is 0 Å². The molecule has 0 saturated heterocycles. The van der Waals surface area contributed by atoms with Crippen molar-refractivity contribution < 1.29 is 4.79 Å². The van der Waals surface area contributed by atoms with Crippen LogP contribution in [0.3, 0.4) is 0 Å². The molecular weight excluding hydrogens is 228 g/mol. The van der Waals surface area contributed by atoms with E-state index in [1.165, 1.54) is 12.1 Å². The third kappa shape index (κ3) is 3.10. The van der Waals surface area contributed by atoms with Crippen molar-refractivity contribution in [3.05, 3.63) is 34.2 Å². The van der Waals surface area contributed by atoms with Crippen molar-refractivity contribution in [1.29, 1.82) is 0 Å². The van der Waals surface area contributed by atoms with Crippen LogP contribution in [0.4, 0.5) is 0 Å². The van der Waals surface area contributed by atoms with E-state index in [0.29, 0.717) is 0 Å². The van der Waals surface area contributed by atoms with E-state index in [0.717, 1.165) is 0 Å². The molecule has 0 aliphatic heterocycles. The summed E-state index contributed by atoms with van der Waals surface area (Å²) < 4.78 is 0. The lowest BCUT2D eigenvalue weighted by atomic mass is 10.0. The average Bonchev–Trinajstić information content (AvgIpc) is 2.16. The molecule has 1 heterocycles. The highest BCUT2D eigenvalue weighted by molar-refractivity contribution is 6.21. The predicted octanol–water partition coefficient (Wildman–Crippen LogP) is 1.51. The first kappa shape index (κ1) is 12.8. The Morgan fingerprint density at radius 2 is 2.12 bits per heavy atom. The van der Waals surface area contributed by atoms with Crippen LogP contribution in [0.25, 0.3) is 0 Å². The first-order valence-corrected chi connectivity index (χ1v) is 5.42. The number of aromatic nitrogens is 1. The van der Waals surface area contributed by atoms with Crippen LogP contribution in [0.1, 0.15) is 31.3 Å². The molecule has 0 spiro atoms. The summed E-state index contributed by atoms with van der Waals surface area (Å²) in [6.07, 6.45) is 0. The molecule has 5 heteroatoms. The Morgan fingerprint density at radius 3 is 2.62 bits per heavy atom. The van der Waals surface area contributed by atoms with Gasteiger partial charge in [-0.25, -0.2) is 0 Å². The van der Waals surface area contributed by atoms with Gasteiger partial charge in [-0.05, 0) is 26.8 Å². The summed E-state index contributed by atoms with van der Waals surface area (Å²) in [7, 11) is 0. The number of rotatable bonds is 3. The second-order valence-corrected chi connectivity index (χ2v) is 4.88. The monoisotopic (exact) mass is 242 g/mol. The molecule has 2 N–H and O–H groups in total.